The second-order valence-electron chi connectivity index (χ2n) is 9.07. The van der Waals surface area contributed by atoms with Crippen molar-refractivity contribution in [2.24, 2.45) is 0 Å². The Hall–Kier alpha value is -3.92. The summed E-state index contributed by atoms with van der Waals surface area (Å²) in [5.41, 5.74) is 5.25. The molecular formula is C27H22F4N4O2. The molecule has 0 aliphatic carbocycles. The predicted octanol–water partition coefficient (Wildman–Crippen LogP) is 6.54. The van der Waals surface area contributed by atoms with E-state index in [1.807, 2.05) is 12.1 Å². The maximum atomic E-state index is 13.9. The fourth-order valence-electron chi connectivity index (χ4n) is 5.04. The highest BCUT2D eigenvalue weighted by atomic mass is 19.4. The topological polar surface area (TPSA) is 65.0 Å². The van der Waals surface area contributed by atoms with Crippen molar-refractivity contribution < 1.29 is 27.0 Å². The zero-order valence-electron chi connectivity index (χ0n) is 19.6. The summed E-state index contributed by atoms with van der Waals surface area (Å²) in [6, 6.07) is 13.6. The molecular weight excluding hydrogens is 488 g/mol. The smallest absolute Gasteiger partial charge is 0.422 e. The third kappa shape index (κ3) is 4.53. The van der Waals surface area contributed by atoms with Crippen LogP contribution in [-0.4, -0.2) is 45.7 Å². The minimum absolute atomic E-state index is 0.105. The Balaban J connectivity index is 1.59. The van der Waals surface area contributed by atoms with Gasteiger partial charge in [0.1, 0.15) is 5.82 Å². The van der Waals surface area contributed by atoms with Crippen LogP contribution in [0.2, 0.25) is 0 Å². The fourth-order valence-corrected chi connectivity index (χ4v) is 5.04. The number of pyridine rings is 1. The van der Waals surface area contributed by atoms with E-state index in [2.05, 4.69) is 19.7 Å². The molecule has 0 radical (unpaired) electrons. The minimum Gasteiger partial charge on any atom is -0.468 e. The van der Waals surface area contributed by atoms with Crippen molar-refractivity contribution in [2.45, 2.75) is 24.9 Å². The van der Waals surface area contributed by atoms with Crippen LogP contribution in [0, 0.1) is 5.82 Å². The third-order valence-corrected chi connectivity index (χ3v) is 6.67. The Kier molecular flexibility index (Phi) is 5.83. The maximum absolute atomic E-state index is 13.9. The van der Waals surface area contributed by atoms with Crippen molar-refractivity contribution in [1.29, 1.82) is 0 Å². The van der Waals surface area contributed by atoms with E-state index in [1.54, 1.807) is 24.4 Å². The van der Waals surface area contributed by atoms with Gasteiger partial charge in [-0.3, -0.25) is 5.10 Å². The van der Waals surface area contributed by atoms with Crippen LogP contribution >= 0.6 is 0 Å². The van der Waals surface area contributed by atoms with Crippen molar-refractivity contribution in [2.75, 3.05) is 19.8 Å². The van der Waals surface area contributed by atoms with E-state index in [9.17, 15) is 17.6 Å². The van der Waals surface area contributed by atoms with Gasteiger partial charge in [0.25, 0.3) is 0 Å². The first kappa shape index (κ1) is 23.5. The molecule has 0 spiro atoms. The number of fused-ring (bicyclic) bond motifs is 2. The highest BCUT2D eigenvalue weighted by molar-refractivity contribution is 6.05. The summed E-state index contributed by atoms with van der Waals surface area (Å²) in [5.74, 6) is -0.297. The number of nitrogens with one attached hydrogen (secondary N) is 1. The van der Waals surface area contributed by atoms with Gasteiger partial charge in [-0.05, 0) is 55.3 Å². The summed E-state index contributed by atoms with van der Waals surface area (Å²) in [5, 5.41) is 9.03. The lowest BCUT2D eigenvalue weighted by Gasteiger charge is -2.25. The molecule has 0 saturated carbocycles. The monoisotopic (exact) mass is 510 g/mol. The van der Waals surface area contributed by atoms with Crippen LogP contribution in [0.4, 0.5) is 17.6 Å². The van der Waals surface area contributed by atoms with Crippen molar-refractivity contribution in [3.63, 3.8) is 0 Å². The molecule has 6 nitrogen and oxygen atoms in total. The van der Waals surface area contributed by atoms with Crippen molar-refractivity contribution in [3.8, 4) is 22.7 Å². The molecule has 10 heteroatoms. The van der Waals surface area contributed by atoms with E-state index in [1.165, 1.54) is 24.4 Å². The largest absolute Gasteiger partial charge is 0.468 e. The molecule has 6 rings (SSSR count). The predicted molar refractivity (Wildman–Crippen MR) is 130 cm³/mol. The number of alkyl halides is 3. The van der Waals surface area contributed by atoms with Gasteiger partial charge in [0.05, 0.1) is 17.2 Å². The lowest BCUT2D eigenvalue weighted by Crippen LogP contribution is -2.19. The highest BCUT2D eigenvalue weighted by Gasteiger charge is 2.30. The molecule has 1 aliphatic heterocycles. The second kappa shape index (κ2) is 9.19. The van der Waals surface area contributed by atoms with E-state index >= 15 is 0 Å². The molecule has 3 aromatic heterocycles. The Bertz CT molecular complexity index is 1550. The van der Waals surface area contributed by atoms with Crippen LogP contribution in [0.25, 0.3) is 38.6 Å². The summed E-state index contributed by atoms with van der Waals surface area (Å²) in [4.78, 5) is 4.17. The standard InChI is InChI=1S/C27H22F4N4O2/c28-19-2-4-20(5-3-19)35-23-11-18-14-33-34-22(18)12-21(23)25(26(35)16-7-9-36-10-8-16)17-1-6-24(32-13-17)37-15-27(29,30)31/h1-6,11-14,16H,7-10,15H2,(H,33,34). The third-order valence-electron chi connectivity index (χ3n) is 6.67. The van der Waals surface area contributed by atoms with Gasteiger partial charge in [0.2, 0.25) is 5.88 Å². The Morgan fingerprint density at radius 1 is 1.03 bits per heavy atom. The second-order valence-corrected chi connectivity index (χ2v) is 9.07. The number of ether oxygens (including phenoxy) is 2. The summed E-state index contributed by atoms with van der Waals surface area (Å²) in [6.07, 6.45) is 0.428. The molecule has 1 N–H and O–H groups in total. The van der Waals surface area contributed by atoms with Gasteiger partial charge in [0.15, 0.2) is 6.61 Å². The molecule has 1 saturated heterocycles. The zero-order valence-corrected chi connectivity index (χ0v) is 19.6. The van der Waals surface area contributed by atoms with Gasteiger partial charge >= 0.3 is 6.18 Å². The molecule has 37 heavy (non-hydrogen) atoms. The lowest BCUT2D eigenvalue weighted by molar-refractivity contribution is -0.154. The molecule has 0 amide bonds. The Labute approximate surface area is 208 Å². The van der Waals surface area contributed by atoms with Gasteiger partial charge in [-0.15, -0.1) is 0 Å². The maximum Gasteiger partial charge on any atom is 0.422 e. The molecule has 0 unspecified atom stereocenters. The molecule has 1 fully saturated rings. The van der Waals surface area contributed by atoms with Crippen LogP contribution < -0.4 is 4.74 Å². The highest BCUT2D eigenvalue weighted by Crippen LogP contribution is 2.44. The molecule has 2 aromatic carbocycles. The summed E-state index contributed by atoms with van der Waals surface area (Å²) >= 11 is 0. The van der Waals surface area contributed by atoms with E-state index < -0.39 is 12.8 Å². The number of H-pyrrole nitrogens is 1. The van der Waals surface area contributed by atoms with Gasteiger partial charge in [-0.25, -0.2) is 9.37 Å². The van der Waals surface area contributed by atoms with Crippen LogP contribution in [-0.2, 0) is 4.74 Å². The molecule has 1 aliphatic rings. The van der Waals surface area contributed by atoms with E-state index in [-0.39, 0.29) is 17.6 Å². The number of aromatic nitrogens is 4. The number of benzene rings is 2. The quantitative estimate of drug-likeness (QED) is 0.273. The SMILES string of the molecule is Fc1ccc(-n2c(C3CCOCC3)c(-c3ccc(OCC(F)(F)F)nc3)c3cc4[nH]ncc4cc32)cc1. The molecule has 4 heterocycles. The van der Waals surface area contributed by atoms with E-state index in [0.717, 1.165) is 57.2 Å². The van der Waals surface area contributed by atoms with Crippen LogP contribution in [0.5, 0.6) is 5.88 Å². The normalized spacial score (nSPS) is 15.0. The van der Waals surface area contributed by atoms with Gasteiger partial charge < -0.3 is 14.0 Å². The first-order valence-corrected chi connectivity index (χ1v) is 11.9. The van der Waals surface area contributed by atoms with Crippen LogP contribution in [0.3, 0.4) is 0 Å². The summed E-state index contributed by atoms with van der Waals surface area (Å²) < 4.78 is 64.3. The van der Waals surface area contributed by atoms with Crippen molar-refractivity contribution in [1.82, 2.24) is 19.7 Å². The first-order valence-electron chi connectivity index (χ1n) is 11.9. The van der Waals surface area contributed by atoms with Gasteiger partial charge in [-0.2, -0.15) is 18.3 Å². The minimum atomic E-state index is -4.45. The van der Waals surface area contributed by atoms with Gasteiger partial charge in [0, 0.05) is 64.7 Å². The molecule has 190 valence electrons. The van der Waals surface area contributed by atoms with E-state index in [4.69, 9.17) is 9.47 Å². The lowest BCUT2D eigenvalue weighted by atomic mass is 9.90. The average Bonchev–Trinajstić information content (AvgIpc) is 3.49. The number of halogens is 4. The average molecular weight is 510 g/mol. The molecule has 5 aromatic rings. The van der Waals surface area contributed by atoms with Crippen molar-refractivity contribution in [3.05, 3.63) is 72.4 Å². The number of aromatic amines is 1. The van der Waals surface area contributed by atoms with Crippen LogP contribution in [0.1, 0.15) is 24.5 Å². The van der Waals surface area contributed by atoms with Gasteiger partial charge in [-0.1, -0.05) is 0 Å². The summed E-state index contributed by atoms with van der Waals surface area (Å²) in [6.45, 7) is -0.182. The van der Waals surface area contributed by atoms with Crippen LogP contribution in [0.15, 0.2) is 60.9 Å². The first-order chi connectivity index (χ1) is 17.9. The summed E-state index contributed by atoms with van der Waals surface area (Å²) in [7, 11) is 0. The zero-order chi connectivity index (χ0) is 25.6. The van der Waals surface area contributed by atoms with E-state index in [0.29, 0.717) is 13.2 Å². The van der Waals surface area contributed by atoms with Crippen molar-refractivity contribution >= 4 is 21.8 Å². The number of hydrogen-bond acceptors (Lipinski definition) is 4. The fraction of sp³-hybridized carbons (Fsp3) is 0.259. The Morgan fingerprint density at radius 3 is 2.51 bits per heavy atom. The molecule has 0 atom stereocenters. The Morgan fingerprint density at radius 2 is 1.81 bits per heavy atom. The number of rotatable bonds is 5. The number of hydrogen-bond donors (Lipinski definition) is 1. The molecule has 0 bridgehead atoms. The number of nitrogens with zero attached hydrogens (tertiary/aromatic N) is 3.